The van der Waals surface area contributed by atoms with Gasteiger partial charge in [-0.15, -0.1) is 0 Å². The van der Waals surface area contributed by atoms with Crippen LogP contribution in [0, 0.1) is 23.6 Å². The molecule has 4 heterocycles. The van der Waals surface area contributed by atoms with Crippen LogP contribution in [0.15, 0.2) is 78.9 Å². The van der Waals surface area contributed by atoms with Crippen LogP contribution >= 0.6 is 11.6 Å². The fourth-order valence-electron chi connectivity index (χ4n) is 11.5. The number of benzene rings is 4. The van der Waals surface area contributed by atoms with E-state index in [1.54, 1.807) is 24.3 Å². The minimum absolute atomic E-state index is 0.00357. The van der Waals surface area contributed by atoms with Gasteiger partial charge in [-0.3, -0.25) is 29.4 Å². The van der Waals surface area contributed by atoms with Crippen molar-refractivity contribution in [2.45, 2.75) is 95.1 Å². The van der Waals surface area contributed by atoms with Gasteiger partial charge in [-0.25, -0.2) is 9.18 Å². The Balaban J connectivity index is 0.752. The molecule has 4 aromatic rings. The molecule has 0 spiro atoms. The van der Waals surface area contributed by atoms with Crippen molar-refractivity contribution in [1.29, 1.82) is 0 Å². The number of imide groups is 1. The van der Waals surface area contributed by atoms with E-state index in [1.807, 2.05) is 35.2 Å². The lowest BCUT2D eigenvalue weighted by molar-refractivity contribution is -0.138. The molecule has 72 heavy (non-hydrogen) atoms. The van der Waals surface area contributed by atoms with Gasteiger partial charge >= 0.3 is 6.03 Å². The summed E-state index contributed by atoms with van der Waals surface area (Å²) in [5.74, 6) is -0.198. The van der Waals surface area contributed by atoms with Crippen LogP contribution in [0.25, 0.3) is 11.1 Å². The van der Waals surface area contributed by atoms with Gasteiger partial charge < -0.3 is 35.1 Å². The summed E-state index contributed by atoms with van der Waals surface area (Å²) in [7, 11) is 1.51. The van der Waals surface area contributed by atoms with E-state index in [4.69, 9.17) is 31.5 Å². The molecule has 0 aromatic heterocycles. The Morgan fingerprint density at radius 2 is 1.54 bits per heavy atom. The second kappa shape index (κ2) is 23.2. The molecule has 2 atom stereocenters. The van der Waals surface area contributed by atoms with Gasteiger partial charge in [-0.2, -0.15) is 0 Å². The van der Waals surface area contributed by atoms with Crippen molar-refractivity contribution >= 4 is 46.9 Å². The predicted octanol–water partition coefficient (Wildman–Crippen LogP) is 8.72. The van der Waals surface area contributed by atoms with Crippen molar-refractivity contribution in [1.82, 2.24) is 20.4 Å². The molecule has 5 aliphatic rings. The van der Waals surface area contributed by atoms with Crippen LogP contribution in [-0.4, -0.2) is 111 Å². The first kappa shape index (κ1) is 50.9. The van der Waals surface area contributed by atoms with Crippen molar-refractivity contribution in [3.05, 3.63) is 112 Å². The summed E-state index contributed by atoms with van der Waals surface area (Å²) in [6.07, 6.45) is 10.1. The van der Waals surface area contributed by atoms with Crippen LogP contribution in [0.4, 0.5) is 14.9 Å². The number of carbonyl (C=O) groups is 5. The predicted molar refractivity (Wildman–Crippen MR) is 273 cm³/mol. The summed E-state index contributed by atoms with van der Waals surface area (Å²) in [5, 5.41) is 6.44. The number of halogens is 2. The van der Waals surface area contributed by atoms with Crippen LogP contribution in [0.1, 0.15) is 115 Å². The molecule has 14 nitrogen and oxygen atoms in total. The zero-order chi connectivity index (χ0) is 50.3. The third-order valence-corrected chi connectivity index (χ3v) is 16.0. The highest BCUT2D eigenvalue weighted by Gasteiger charge is 2.35. The molecule has 382 valence electrons. The maximum atomic E-state index is 16.4. The number of hydrogen-bond donors (Lipinski definition) is 3. The van der Waals surface area contributed by atoms with E-state index >= 15 is 4.39 Å². The maximum absolute atomic E-state index is 16.4. The van der Waals surface area contributed by atoms with E-state index in [-0.39, 0.29) is 83.2 Å². The number of hydrogen-bond acceptors (Lipinski definition) is 9. The standard InChI is InChI=1S/C56H66ClFN6O8/c1-70-48-17-12-40(32-47(48)64-28-23-50(65)61-56(64)69)55(68)63-26-21-36(22-27-63)30-35-19-24-62(25-20-35)54(67)38-9-13-41(14-10-38)60-33-45(37-6-3-2-4-7-37)39-11-16-46(57)44(31-39)51-43(53(59)66)15-18-49(52(51)58)72-34-42-8-5-29-71-42/h2-4,6-7,11-12,15-18,31-32,35-36,38,41-42,45,60H,5,8-10,13-14,19-30,33-34H2,1H3,(H2,59,66)(H,61,65,69)/t38?,41?,42-,45?/m0/s1. The molecule has 4 aliphatic heterocycles. The van der Waals surface area contributed by atoms with Gasteiger partial charge in [0.15, 0.2) is 11.6 Å². The number of rotatable bonds is 16. The third kappa shape index (κ3) is 11.7. The number of carbonyl (C=O) groups excluding carboxylic acids is 5. The SMILES string of the molecule is COc1ccc(C(=O)N2CCC(CC3CCN(C(=O)C4CCC(NCC(c5ccccc5)c5ccc(Cl)c(-c6c(C(N)=O)ccc(OC[C@@H]7CCCO7)c6F)c5)CC4)CC3)CC2)cc1N1CCC(=O)NC1=O. The number of urea groups is 1. The molecule has 1 saturated carbocycles. The summed E-state index contributed by atoms with van der Waals surface area (Å²) in [4.78, 5) is 70.0. The van der Waals surface area contributed by atoms with Crippen LogP contribution in [-0.2, 0) is 14.3 Å². The molecule has 0 bridgehead atoms. The van der Waals surface area contributed by atoms with Crippen molar-refractivity contribution in [3.8, 4) is 22.6 Å². The van der Waals surface area contributed by atoms with Gasteiger partial charge in [-0.1, -0.05) is 48.0 Å². The normalized spacial score (nSPS) is 21.6. The molecular formula is C56H66ClFN6O8. The number of anilines is 1. The first-order valence-electron chi connectivity index (χ1n) is 25.8. The largest absolute Gasteiger partial charge is 0.495 e. The minimum atomic E-state index is -0.770. The summed E-state index contributed by atoms with van der Waals surface area (Å²) < 4.78 is 33.5. The van der Waals surface area contributed by atoms with Crippen LogP contribution < -0.4 is 30.7 Å². The third-order valence-electron chi connectivity index (χ3n) is 15.6. The number of likely N-dealkylation sites (tertiary alicyclic amines) is 2. The number of piperidine rings is 2. The molecule has 4 saturated heterocycles. The number of primary amides is 1. The van der Waals surface area contributed by atoms with Crippen LogP contribution in [0.3, 0.4) is 0 Å². The number of nitrogens with zero attached hydrogens (tertiary/aromatic N) is 3. The number of methoxy groups -OCH3 is 1. The zero-order valence-electron chi connectivity index (χ0n) is 41.1. The summed E-state index contributed by atoms with van der Waals surface area (Å²) in [6.45, 7) is 4.54. The molecule has 4 aromatic carbocycles. The molecular weight excluding hydrogens is 939 g/mol. The molecule has 0 radical (unpaired) electrons. The van der Waals surface area contributed by atoms with Crippen molar-refractivity contribution in [2.75, 3.05) is 64.5 Å². The summed E-state index contributed by atoms with van der Waals surface area (Å²) in [5.41, 5.74) is 9.10. The molecule has 5 fully saturated rings. The smallest absolute Gasteiger partial charge is 0.328 e. The van der Waals surface area contributed by atoms with Gasteiger partial charge in [0.1, 0.15) is 12.4 Å². The first-order valence-corrected chi connectivity index (χ1v) is 26.1. The highest BCUT2D eigenvalue weighted by Crippen LogP contribution is 2.40. The minimum Gasteiger partial charge on any atom is -0.495 e. The fraction of sp³-hybridized carbons (Fsp3) is 0.482. The van der Waals surface area contributed by atoms with Crippen molar-refractivity contribution < 1.29 is 42.6 Å². The second-order valence-electron chi connectivity index (χ2n) is 20.2. The monoisotopic (exact) mass is 1000 g/mol. The second-order valence-corrected chi connectivity index (χ2v) is 20.6. The van der Waals surface area contributed by atoms with Crippen LogP contribution in [0.2, 0.25) is 5.02 Å². The lowest BCUT2D eigenvalue weighted by Crippen LogP contribution is -2.49. The van der Waals surface area contributed by atoms with E-state index in [1.165, 1.54) is 24.1 Å². The maximum Gasteiger partial charge on any atom is 0.328 e. The van der Waals surface area contributed by atoms with E-state index in [0.29, 0.717) is 60.6 Å². The highest BCUT2D eigenvalue weighted by molar-refractivity contribution is 6.33. The van der Waals surface area contributed by atoms with Gasteiger partial charge in [-0.05, 0) is 136 Å². The van der Waals surface area contributed by atoms with Gasteiger partial charge in [0.05, 0.1) is 24.5 Å². The number of nitrogens with two attached hydrogens (primary N) is 1. The topological polar surface area (TPSA) is 173 Å². The zero-order valence-corrected chi connectivity index (χ0v) is 41.8. The Kier molecular flexibility index (Phi) is 16.4. The summed E-state index contributed by atoms with van der Waals surface area (Å²) in [6, 6.07) is 23.4. The average molecular weight is 1010 g/mol. The van der Waals surface area contributed by atoms with E-state index in [0.717, 1.165) is 94.8 Å². The molecule has 6 amide bonds. The Morgan fingerprint density at radius 1 is 0.833 bits per heavy atom. The molecule has 1 unspecified atom stereocenters. The van der Waals surface area contributed by atoms with Crippen molar-refractivity contribution in [2.24, 2.45) is 23.5 Å². The Hall–Kier alpha value is -6.03. The lowest BCUT2D eigenvalue weighted by atomic mass is 9.81. The van der Waals surface area contributed by atoms with Crippen LogP contribution in [0.5, 0.6) is 11.5 Å². The Bertz CT molecular complexity index is 2610. The van der Waals surface area contributed by atoms with Crippen molar-refractivity contribution in [3.63, 3.8) is 0 Å². The van der Waals surface area contributed by atoms with Gasteiger partial charge in [0, 0.05) is 91.9 Å². The molecule has 1 aliphatic carbocycles. The van der Waals surface area contributed by atoms with Gasteiger partial charge in [0.2, 0.25) is 17.7 Å². The first-order chi connectivity index (χ1) is 34.9. The molecule has 16 heteroatoms. The summed E-state index contributed by atoms with van der Waals surface area (Å²) >= 11 is 6.81. The van der Waals surface area contributed by atoms with Gasteiger partial charge in [0.25, 0.3) is 5.91 Å². The van der Waals surface area contributed by atoms with E-state index in [9.17, 15) is 24.0 Å². The fourth-order valence-corrected chi connectivity index (χ4v) is 11.7. The number of nitrogens with one attached hydrogen (secondary N) is 2. The molecule has 9 rings (SSSR count). The quantitative estimate of drug-likeness (QED) is 0.0993. The highest BCUT2D eigenvalue weighted by atomic mass is 35.5. The number of ether oxygens (including phenoxy) is 3. The lowest BCUT2D eigenvalue weighted by Gasteiger charge is -2.39. The van der Waals surface area contributed by atoms with E-state index in [2.05, 4.69) is 27.7 Å². The average Bonchev–Trinajstić information content (AvgIpc) is 3.93. The number of amides is 6. The Morgan fingerprint density at radius 3 is 2.21 bits per heavy atom. The molecule has 4 N–H and O–H groups in total. The van der Waals surface area contributed by atoms with E-state index < -0.39 is 17.8 Å². The Labute approximate surface area is 426 Å².